The Hall–Kier alpha value is -1.32. The van der Waals surface area contributed by atoms with E-state index in [1.165, 1.54) is 18.2 Å². The highest BCUT2D eigenvalue weighted by Gasteiger charge is 2.74. The monoisotopic (exact) mass is 364 g/mol. The van der Waals surface area contributed by atoms with Gasteiger partial charge in [0.05, 0.1) is 5.52 Å². The molecule has 1 aromatic carbocycles. The van der Waals surface area contributed by atoms with Crippen molar-refractivity contribution in [2.45, 2.75) is 18.0 Å². The van der Waals surface area contributed by atoms with Crippen LogP contribution in [0.4, 0.5) is 30.7 Å². The molecule has 0 spiro atoms. The summed E-state index contributed by atoms with van der Waals surface area (Å²) >= 11 is 2.93. The smallest absolute Gasteiger partial charge is 0.337 e. The molecule has 0 unspecified atom stereocenters. The van der Waals surface area contributed by atoms with E-state index in [4.69, 9.17) is 0 Å². The quantitative estimate of drug-likeness (QED) is 0.774. The molecule has 0 radical (unpaired) electrons. The van der Waals surface area contributed by atoms with Crippen LogP contribution < -0.4 is 0 Å². The van der Waals surface area contributed by atoms with Gasteiger partial charge in [0, 0.05) is 4.47 Å². The lowest BCUT2D eigenvalue weighted by molar-refractivity contribution is -0.361. The zero-order chi connectivity index (χ0) is 15.3. The lowest BCUT2D eigenvalue weighted by Gasteiger charge is -2.26. The van der Waals surface area contributed by atoms with Gasteiger partial charge in [0.2, 0.25) is 0 Å². The van der Waals surface area contributed by atoms with Gasteiger partial charge < -0.3 is 4.98 Å². The number of benzene rings is 1. The molecule has 1 aromatic heterocycles. The van der Waals surface area contributed by atoms with Crippen LogP contribution in [0.3, 0.4) is 0 Å². The number of H-pyrrole nitrogens is 1. The van der Waals surface area contributed by atoms with Gasteiger partial charge in [-0.1, -0.05) is 6.07 Å². The molecule has 0 bridgehead atoms. The lowest BCUT2D eigenvalue weighted by Crippen LogP contribution is -2.50. The highest BCUT2D eigenvalue weighted by Crippen LogP contribution is 2.51. The third-order valence-electron chi connectivity index (χ3n) is 2.51. The van der Waals surface area contributed by atoms with Crippen molar-refractivity contribution in [3.8, 4) is 0 Å². The topological polar surface area (TPSA) is 28.7 Å². The molecule has 2 rings (SSSR count). The minimum absolute atomic E-state index is 0.0907. The average molecular weight is 365 g/mol. The predicted molar refractivity (Wildman–Crippen MR) is 58.7 cm³/mol. The Morgan fingerprint density at radius 1 is 1.00 bits per heavy atom. The number of hydrogen-bond donors (Lipinski definition) is 1. The molecule has 2 nitrogen and oxygen atoms in total. The number of aromatic nitrogens is 2. The van der Waals surface area contributed by atoms with Crippen LogP contribution in [-0.4, -0.2) is 22.1 Å². The summed E-state index contributed by atoms with van der Waals surface area (Å²) in [5.41, 5.74) is -0.257. The molecule has 0 atom stereocenters. The van der Waals surface area contributed by atoms with Gasteiger partial charge in [-0.05, 0) is 28.1 Å². The van der Waals surface area contributed by atoms with E-state index >= 15 is 0 Å². The van der Waals surface area contributed by atoms with Crippen molar-refractivity contribution >= 4 is 27.0 Å². The van der Waals surface area contributed by atoms with Crippen LogP contribution in [-0.2, 0) is 5.92 Å². The van der Waals surface area contributed by atoms with Crippen molar-refractivity contribution in [3.63, 3.8) is 0 Å². The van der Waals surface area contributed by atoms with E-state index < -0.39 is 23.8 Å². The van der Waals surface area contributed by atoms with Crippen molar-refractivity contribution in [1.82, 2.24) is 9.97 Å². The summed E-state index contributed by atoms with van der Waals surface area (Å²) < 4.78 is 89.0. The van der Waals surface area contributed by atoms with E-state index in [0.717, 1.165) is 0 Å². The van der Waals surface area contributed by atoms with Crippen LogP contribution >= 0.6 is 15.9 Å². The predicted octanol–water partition coefficient (Wildman–Crippen LogP) is 4.61. The van der Waals surface area contributed by atoms with Gasteiger partial charge in [-0.2, -0.15) is 30.7 Å². The number of alkyl halides is 7. The summed E-state index contributed by atoms with van der Waals surface area (Å²) in [5.74, 6) is -13.5. The zero-order valence-electron chi connectivity index (χ0n) is 9.20. The van der Waals surface area contributed by atoms with E-state index in [1.54, 1.807) is 4.98 Å². The van der Waals surface area contributed by atoms with Gasteiger partial charge in [-0.3, -0.25) is 0 Å². The van der Waals surface area contributed by atoms with Gasteiger partial charge in [0.1, 0.15) is 5.52 Å². The van der Waals surface area contributed by atoms with Crippen LogP contribution in [0.15, 0.2) is 22.7 Å². The first-order valence-electron chi connectivity index (χ1n) is 4.95. The molecule has 0 aliphatic rings. The second-order valence-electron chi connectivity index (χ2n) is 3.87. The number of imidazole rings is 1. The van der Waals surface area contributed by atoms with Crippen molar-refractivity contribution in [2.75, 3.05) is 0 Å². The first-order valence-corrected chi connectivity index (χ1v) is 5.75. The maximum atomic E-state index is 13.4. The number of nitrogens with zero attached hydrogens (tertiary/aromatic N) is 1. The Kier molecular flexibility index (Phi) is 3.27. The Balaban J connectivity index is 2.60. The fraction of sp³-hybridized carbons (Fsp3) is 0.300. The van der Waals surface area contributed by atoms with E-state index in [0.29, 0.717) is 0 Å². The normalized spacial score (nSPS) is 14.0. The molecular formula is C10H4BrF7N2. The van der Waals surface area contributed by atoms with E-state index in [9.17, 15) is 30.7 Å². The summed E-state index contributed by atoms with van der Waals surface area (Å²) in [4.78, 5) is 4.92. The van der Waals surface area contributed by atoms with E-state index in [-0.39, 0.29) is 15.5 Å². The fourth-order valence-corrected chi connectivity index (χ4v) is 1.93. The number of hydrogen-bond acceptors (Lipinski definition) is 1. The Bertz CT molecular complexity index is 647. The number of rotatable bonds is 2. The van der Waals surface area contributed by atoms with Crippen LogP contribution in [0.25, 0.3) is 11.0 Å². The molecular weight excluding hydrogens is 361 g/mol. The van der Waals surface area contributed by atoms with Crippen molar-refractivity contribution in [3.05, 3.63) is 28.5 Å². The average Bonchev–Trinajstić information content (AvgIpc) is 2.73. The van der Waals surface area contributed by atoms with Crippen LogP contribution in [0, 0.1) is 0 Å². The first-order chi connectivity index (χ1) is 8.98. The molecule has 0 saturated carbocycles. The zero-order valence-corrected chi connectivity index (χ0v) is 10.8. The largest absolute Gasteiger partial charge is 0.460 e. The van der Waals surface area contributed by atoms with Crippen LogP contribution in [0.5, 0.6) is 0 Å². The molecule has 110 valence electrons. The first kappa shape index (κ1) is 15.1. The van der Waals surface area contributed by atoms with Crippen molar-refractivity contribution in [2.24, 2.45) is 0 Å². The second-order valence-corrected chi connectivity index (χ2v) is 4.72. The van der Waals surface area contributed by atoms with Gasteiger partial charge in [0.15, 0.2) is 5.82 Å². The molecule has 10 heteroatoms. The number of halogens is 8. The molecule has 0 aliphatic carbocycles. The molecule has 0 saturated heterocycles. The van der Waals surface area contributed by atoms with Gasteiger partial charge in [-0.25, -0.2) is 4.98 Å². The molecule has 0 fully saturated rings. The molecule has 0 amide bonds. The summed E-state index contributed by atoms with van der Waals surface area (Å²) in [6.45, 7) is 0. The molecule has 2 aromatic rings. The van der Waals surface area contributed by atoms with Gasteiger partial charge in [-0.15, -0.1) is 0 Å². The van der Waals surface area contributed by atoms with Gasteiger partial charge in [0.25, 0.3) is 0 Å². The Morgan fingerprint density at radius 2 is 1.60 bits per heavy atom. The summed E-state index contributed by atoms with van der Waals surface area (Å²) in [6, 6.07) is 3.99. The third-order valence-corrected chi connectivity index (χ3v) is 3.15. The summed E-state index contributed by atoms with van der Waals surface area (Å²) in [5, 5.41) is 0. The maximum Gasteiger partial charge on any atom is 0.460 e. The van der Waals surface area contributed by atoms with Crippen LogP contribution in [0.2, 0.25) is 0 Å². The maximum absolute atomic E-state index is 13.4. The third kappa shape index (κ3) is 2.05. The molecule has 1 N–H and O–H groups in total. The number of fused-ring (bicyclic) bond motifs is 1. The Labute approximate surface area is 115 Å². The number of aromatic amines is 1. The second kappa shape index (κ2) is 4.34. The minimum atomic E-state index is -6.40. The molecule has 0 aliphatic heterocycles. The van der Waals surface area contributed by atoms with E-state index in [1.807, 2.05) is 0 Å². The van der Waals surface area contributed by atoms with Crippen molar-refractivity contribution < 1.29 is 30.7 Å². The standard InChI is InChI=1S/C10H4BrF7N2/c11-4-2-1-3-5-6(4)20-7(19-5)8(12,13)9(14,15)10(16,17)18/h1-3H,(H,19,20). The fourth-order valence-electron chi connectivity index (χ4n) is 1.47. The highest BCUT2D eigenvalue weighted by molar-refractivity contribution is 9.10. The summed E-state index contributed by atoms with van der Waals surface area (Å²) in [6.07, 6.45) is -6.40. The molecule has 1 heterocycles. The van der Waals surface area contributed by atoms with Crippen molar-refractivity contribution in [1.29, 1.82) is 0 Å². The van der Waals surface area contributed by atoms with Gasteiger partial charge >= 0.3 is 18.0 Å². The number of para-hydroxylation sites is 1. The Morgan fingerprint density at radius 3 is 2.10 bits per heavy atom. The molecule has 20 heavy (non-hydrogen) atoms. The van der Waals surface area contributed by atoms with Crippen LogP contribution in [0.1, 0.15) is 5.82 Å². The summed E-state index contributed by atoms with van der Waals surface area (Å²) in [7, 11) is 0. The number of nitrogens with one attached hydrogen (secondary N) is 1. The minimum Gasteiger partial charge on any atom is -0.337 e. The lowest BCUT2D eigenvalue weighted by atomic mass is 10.1. The highest BCUT2D eigenvalue weighted by atomic mass is 79.9. The van der Waals surface area contributed by atoms with E-state index in [2.05, 4.69) is 20.9 Å². The SMILES string of the molecule is FC(F)(F)C(F)(F)C(F)(F)c1nc2c(Br)cccc2[nH]1.